The van der Waals surface area contributed by atoms with E-state index in [0.29, 0.717) is 11.3 Å². The second-order valence-electron chi connectivity index (χ2n) is 4.88. The van der Waals surface area contributed by atoms with Crippen molar-refractivity contribution in [1.29, 1.82) is 0 Å². The van der Waals surface area contributed by atoms with E-state index >= 15 is 0 Å². The number of carbonyl (C=O) groups is 1. The predicted octanol–water partition coefficient (Wildman–Crippen LogP) is 2.87. The Hall–Kier alpha value is -3.28. The Kier molecular flexibility index (Phi) is 3.50. The van der Waals surface area contributed by atoms with Crippen LogP contribution in [0.5, 0.6) is 11.5 Å². The maximum absolute atomic E-state index is 12.2. The molecule has 1 aromatic heterocycles. The smallest absolute Gasteiger partial charge is 0.335 e. The highest BCUT2D eigenvalue weighted by Gasteiger charge is 2.13. The van der Waals surface area contributed by atoms with Gasteiger partial charge in [-0.2, -0.15) is 0 Å². The summed E-state index contributed by atoms with van der Waals surface area (Å²) in [6.07, 6.45) is 0. The molecule has 0 saturated carbocycles. The highest BCUT2D eigenvalue weighted by atomic mass is 16.5. The number of aromatic carboxylic acids is 1. The van der Waals surface area contributed by atoms with Crippen LogP contribution < -0.4 is 10.2 Å². The van der Waals surface area contributed by atoms with Gasteiger partial charge in [-0.05, 0) is 12.1 Å². The Morgan fingerprint density at radius 2 is 1.83 bits per heavy atom. The number of aromatic hydroxyl groups is 1. The lowest BCUT2D eigenvalue weighted by molar-refractivity contribution is 0.0697. The quantitative estimate of drug-likeness (QED) is 0.772. The summed E-state index contributed by atoms with van der Waals surface area (Å²) in [5, 5.41) is 18.9. The second-order valence-corrected chi connectivity index (χ2v) is 4.88. The van der Waals surface area contributed by atoms with Gasteiger partial charge in [0.25, 0.3) is 0 Å². The molecular formula is C17H12O6. The predicted molar refractivity (Wildman–Crippen MR) is 83.1 cm³/mol. The lowest BCUT2D eigenvalue weighted by atomic mass is 10.1. The first-order valence-corrected chi connectivity index (χ1v) is 6.68. The number of methoxy groups -OCH3 is 1. The fraction of sp³-hybridized carbons (Fsp3) is 0.0588. The van der Waals surface area contributed by atoms with Crippen molar-refractivity contribution in [3.63, 3.8) is 0 Å². The summed E-state index contributed by atoms with van der Waals surface area (Å²) in [4.78, 5) is 23.1. The van der Waals surface area contributed by atoms with Gasteiger partial charge in [-0.15, -0.1) is 0 Å². The van der Waals surface area contributed by atoms with Gasteiger partial charge >= 0.3 is 5.97 Å². The van der Waals surface area contributed by atoms with Crippen LogP contribution in [0.4, 0.5) is 0 Å². The lowest BCUT2D eigenvalue weighted by Gasteiger charge is -2.07. The molecule has 0 aliphatic carbocycles. The maximum atomic E-state index is 12.2. The molecular weight excluding hydrogens is 300 g/mol. The Morgan fingerprint density at radius 3 is 2.43 bits per heavy atom. The first-order valence-electron chi connectivity index (χ1n) is 6.68. The normalized spacial score (nSPS) is 10.7. The molecule has 3 aromatic rings. The zero-order chi connectivity index (χ0) is 16.6. The fourth-order valence-electron chi connectivity index (χ4n) is 2.28. The lowest BCUT2D eigenvalue weighted by Crippen LogP contribution is -2.01. The molecule has 6 nitrogen and oxygen atoms in total. The standard InChI is InChI=1S/C17H12O6/c1-22-11-6-12(18)16-13(19)8-14(23-15(16)7-11)9-2-4-10(5-3-9)17(20)21/h2-8,18H,1H3,(H,20,21). The van der Waals surface area contributed by atoms with Gasteiger partial charge in [0.2, 0.25) is 0 Å². The molecule has 0 radical (unpaired) electrons. The van der Waals surface area contributed by atoms with Crippen LogP contribution in [0.2, 0.25) is 0 Å². The van der Waals surface area contributed by atoms with Crippen molar-refractivity contribution in [3.05, 3.63) is 58.3 Å². The van der Waals surface area contributed by atoms with Crippen molar-refractivity contribution < 1.29 is 24.2 Å². The number of fused-ring (bicyclic) bond motifs is 1. The number of rotatable bonds is 3. The third-order valence-corrected chi connectivity index (χ3v) is 3.44. The molecule has 0 bridgehead atoms. The zero-order valence-corrected chi connectivity index (χ0v) is 12.1. The van der Waals surface area contributed by atoms with Gasteiger partial charge in [-0.1, -0.05) is 12.1 Å². The maximum Gasteiger partial charge on any atom is 0.335 e. The molecule has 23 heavy (non-hydrogen) atoms. The van der Waals surface area contributed by atoms with Crippen LogP contribution in [0.25, 0.3) is 22.3 Å². The number of benzene rings is 2. The minimum Gasteiger partial charge on any atom is -0.507 e. The molecule has 0 spiro atoms. The van der Waals surface area contributed by atoms with E-state index in [1.54, 1.807) is 12.1 Å². The highest BCUT2D eigenvalue weighted by Crippen LogP contribution is 2.30. The number of ether oxygens (including phenoxy) is 1. The van der Waals surface area contributed by atoms with E-state index in [2.05, 4.69) is 0 Å². The molecule has 2 aromatic carbocycles. The van der Waals surface area contributed by atoms with Gasteiger partial charge < -0.3 is 19.4 Å². The van der Waals surface area contributed by atoms with Crippen LogP contribution in [-0.4, -0.2) is 23.3 Å². The van der Waals surface area contributed by atoms with E-state index < -0.39 is 11.4 Å². The van der Waals surface area contributed by atoms with E-state index in [1.807, 2.05) is 0 Å². The van der Waals surface area contributed by atoms with E-state index in [1.165, 1.54) is 37.4 Å². The van der Waals surface area contributed by atoms with E-state index in [-0.39, 0.29) is 28.0 Å². The van der Waals surface area contributed by atoms with Crippen molar-refractivity contribution in [2.75, 3.05) is 7.11 Å². The number of hydrogen-bond donors (Lipinski definition) is 2. The zero-order valence-electron chi connectivity index (χ0n) is 12.1. The first-order chi connectivity index (χ1) is 11.0. The van der Waals surface area contributed by atoms with Crippen LogP contribution in [0.3, 0.4) is 0 Å². The van der Waals surface area contributed by atoms with Crippen molar-refractivity contribution in [2.45, 2.75) is 0 Å². The summed E-state index contributed by atoms with van der Waals surface area (Å²) in [5.41, 5.74) is 0.475. The van der Waals surface area contributed by atoms with Crippen LogP contribution in [-0.2, 0) is 0 Å². The molecule has 0 aliphatic heterocycles. The number of carboxylic acids is 1. The molecule has 3 rings (SSSR count). The van der Waals surface area contributed by atoms with Gasteiger partial charge in [0, 0.05) is 23.8 Å². The highest BCUT2D eigenvalue weighted by molar-refractivity contribution is 5.89. The number of hydrogen-bond acceptors (Lipinski definition) is 5. The van der Waals surface area contributed by atoms with Crippen LogP contribution in [0.1, 0.15) is 10.4 Å². The van der Waals surface area contributed by atoms with Gasteiger partial charge in [0.05, 0.1) is 12.7 Å². The summed E-state index contributed by atoms with van der Waals surface area (Å²) in [7, 11) is 1.44. The van der Waals surface area contributed by atoms with Gasteiger partial charge in [0.1, 0.15) is 28.2 Å². The molecule has 0 amide bonds. The second kappa shape index (κ2) is 5.49. The van der Waals surface area contributed by atoms with Crippen molar-refractivity contribution in [2.24, 2.45) is 0 Å². The van der Waals surface area contributed by atoms with Gasteiger partial charge in [0.15, 0.2) is 5.43 Å². The minimum atomic E-state index is -1.04. The van der Waals surface area contributed by atoms with E-state index in [4.69, 9.17) is 14.3 Å². The molecule has 2 N–H and O–H groups in total. The number of phenols is 1. The van der Waals surface area contributed by atoms with Crippen LogP contribution in [0.15, 0.2) is 51.7 Å². The van der Waals surface area contributed by atoms with Crippen LogP contribution >= 0.6 is 0 Å². The summed E-state index contributed by atoms with van der Waals surface area (Å²) in [6.45, 7) is 0. The number of phenolic OH excluding ortho intramolecular Hbond substituents is 1. The largest absolute Gasteiger partial charge is 0.507 e. The Balaban J connectivity index is 2.19. The molecule has 6 heteroatoms. The molecule has 0 aliphatic rings. The Labute approximate surface area is 130 Å². The van der Waals surface area contributed by atoms with Crippen molar-refractivity contribution in [1.82, 2.24) is 0 Å². The number of carboxylic acid groups (broad SMARTS) is 1. The molecule has 0 saturated heterocycles. The van der Waals surface area contributed by atoms with E-state index in [0.717, 1.165) is 0 Å². The SMILES string of the molecule is COc1cc(O)c2c(=O)cc(-c3ccc(C(=O)O)cc3)oc2c1. The average molecular weight is 312 g/mol. The summed E-state index contributed by atoms with van der Waals surface area (Å²) in [6, 6.07) is 10.0. The first kappa shape index (κ1) is 14.6. The Morgan fingerprint density at radius 1 is 1.13 bits per heavy atom. The summed E-state index contributed by atoms with van der Waals surface area (Å²) in [5.74, 6) is -0.629. The molecule has 0 unspecified atom stereocenters. The summed E-state index contributed by atoms with van der Waals surface area (Å²) < 4.78 is 10.7. The Bertz CT molecular complexity index is 953. The van der Waals surface area contributed by atoms with Crippen molar-refractivity contribution >= 4 is 16.9 Å². The minimum absolute atomic E-state index is 0.0664. The van der Waals surface area contributed by atoms with Gasteiger partial charge in [-0.3, -0.25) is 4.79 Å². The summed E-state index contributed by atoms with van der Waals surface area (Å²) >= 11 is 0. The molecule has 1 heterocycles. The fourth-order valence-corrected chi connectivity index (χ4v) is 2.28. The third-order valence-electron chi connectivity index (χ3n) is 3.44. The van der Waals surface area contributed by atoms with E-state index in [9.17, 15) is 14.7 Å². The monoisotopic (exact) mass is 312 g/mol. The van der Waals surface area contributed by atoms with Crippen molar-refractivity contribution in [3.8, 4) is 22.8 Å². The molecule has 116 valence electrons. The van der Waals surface area contributed by atoms with Gasteiger partial charge in [-0.25, -0.2) is 4.79 Å². The molecule has 0 fully saturated rings. The molecule has 0 atom stereocenters. The topological polar surface area (TPSA) is 97.0 Å². The third kappa shape index (κ3) is 2.62. The van der Waals surface area contributed by atoms with Crippen LogP contribution in [0, 0.1) is 0 Å². The average Bonchev–Trinajstić information content (AvgIpc) is 2.54.